The number of halogens is 6. The van der Waals surface area contributed by atoms with Gasteiger partial charge < -0.3 is 0 Å². The summed E-state index contributed by atoms with van der Waals surface area (Å²) in [4.78, 5) is 8.66. The topological polar surface area (TPSA) is 77.3 Å². The zero-order chi connectivity index (χ0) is 20.6. The van der Waals surface area contributed by atoms with E-state index < -0.39 is 48.9 Å². The Morgan fingerprint density at radius 3 is 1.67 bits per heavy atom. The highest BCUT2D eigenvalue weighted by Gasteiger charge is 2.38. The molecule has 0 spiro atoms. The Morgan fingerprint density at radius 1 is 0.852 bits per heavy atom. The van der Waals surface area contributed by atoms with Crippen LogP contribution in [0.1, 0.15) is 16.7 Å². The van der Waals surface area contributed by atoms with Crippen molar-refractivity contribution in [1.29, 1.82) is 0 Å². The third-order valence-corrected chi connectivity index (χ3v) is 5.09. The molecular formula is C15H9F6NO4S. The van der Waals surface area contributed by atoms with Gasteiger partial charge in [0.05, 0.1) is 26.7 Å². The van der Waals surface area contributed by atoms with E-state index in [4.69, 9.17) is 0 Å². The fraction of sp³-hybridized carbons (Fsp3) is 0.200. The highest BCUT2D eigenvalue weighted by molar-refractivity contribution is 7.90. The highest BCUT2D eigenvalue weighted by Crippen LogP contribution is 2.37. The molecule has 2 aromatic carbocycles. The molecule has 0 aromatic heterocycles. The number of benzene rings is 2. The second-order valence-electron chi connectivity index (χ2n) is 5.42. The van der Waals surface area contributed by atoms with Crippen molar-refractivity contribution in [2.24, 2.45) is 0 Å². The molecule has 2 aromatic rings. The molecule has 2 rings (SSSR count). The fourth-order valence-electron chi connectivity index (χ4n) is 2.12. The number of hydrogen-bond acceptors (Lipinski definition) is 4. The average Bonchev–Trinajstić information content (AvgIpc) is 2.53. The van der Waals surface area contributed by atoms with E-state index in [0.717, 1.165) is 24.3 Å². The minimum absolute atomic E-state index is 0.0356. The molecule has 0 atom stereocenters. The molecule has 0 aliphatic rings. The van der Waals surface area contributed by atoms with Gasteiger partial charge in [-0.25, -0.2) is 8.42 Å². The molecule has 0 heterocycles. The molecule has 0 fully saturated rings. The van der Waals surface area contributed by atoms with Crippen molar-refractivity contribution in [1.82, 2.24) is 0 Å². The minimum Gasteiger partial charge on any atom is -0.258 e. The molecule has 0 bridgehead atoms. The molecule has 0 N–H and O–H groups in total. The summed E-state index contributed by atoms with van der Waals surface area (Å²) in [6.45, 7) is 0. The van der Waals surface area contributed by atoms with Gasteiger partial charge >= 0.3 is 12.4 Å². The lowest BCUT2D eigenvalue weighted by Gasteiger charge is -2.14. The van der Waals surface area contributed by atoms with E-state index in [1.807, 2.05) is 0 Å². The summed E-state index contributed by atoms with van der Waals surface area (Å²) < 4.78 is 102. The number of nitro groups is 1. The number of rotatable bonds is 4. The lowest BCUT2D eigenvalue weighted by molar-refractivity contribution is -0.384. The fourth-order valence-corrected chi connectivity index (χ4v) is 3.53. The van der Waals surface area contributed by atoms with Crippen LogP contribution in [0, 0.1) is 10.1 Å². The van der Waals surface area contributed by atoms with Crippen molar-refractivity contribution in [2.45, 2.75) is 23.0 Å². The molecule has 0 saturated carbocycles. The Bertz CT molecular complexity index is 933. The van der Waals surface area contributed by atoms with Gasteiger partial charge in [-0.05, 0) is 23.8 Å². The maximum atomic E-state index is 12.8. The second-order valence-corrected chi connectivity index (χ2v) is 7.41. The molecular weight excluding hydrogens is 404 g/mol. The number of non-ortho nitro benzene ring substituents is 1. The smallest absolute Gasteiger partial charge is 0.258 e. The lowest BCUT2D eigenvalue weighted by Crippen LogP contribution is -2.14. The van der Waals surface area contributed by atoms with E-state index in [9.17, 15) is 44.9 Å². The summed E-state index contributed by atoms with van der Waals surface area (Å²) in [6.07, 6.45) is -10.4. The number of hydrogen-bond donors (Lipinski definition) is 0. The monoisotopic (exact) mass is 413 g/mol. The van der Waals surface area contributed by atoms with Crippen LogP contribution < -0.4 is 0 Å². The van der Waals surface area contributed by atoms with Gasteiger partial charge in [0.2, 0.25) is 0 Å². The zero-order valence-electron chi connectivity index (χ0n) is 13.0. The third-order valence-electron chi connectivity index (χ3n) is 3.42. The lowest BCUT2D eigenvalue weighted by atomic mass is 10.1. The van der Waals surface area contributed by atoms with E-state index >= 15 is 0 Å². The Balaban J connectivity index is 2.49. The van der Waals surface area contributed by atoms with Crippen molar-refractivity contribution in [2.75, 3.05) is 0 Å². The third kappa shape index (κ3) is 4.96. The summed E-state index contributed by atoms with van der Waals surface area (Å²) >= 11 is 0. The van der Waals surface area contributed by atoms with Gasteiger partial charge in [-0.15, -0.1) is 0 Å². The van der Waals surface area contributed by atoms with Crippen LogP contribution in [0.15, 0.2) is 47.4 Å². The number of nitrogens with zero attached hydrogens (tertiary/aromatic N) is 1. The summed E-state index contributed by atoms with van der Waals surface area (Å²) in [5.74, 6) is -0.927. The Morgan fingerprint density at radius 2 is 1.30 bits per heavy atom. The van der Waals surface area contributed by atoms with Gasteiger partial charge in [-0.3, -0.25) is 10.1 Å². The van der Waals surface area contributed by atoms with E-state index in [-0.39, 0.29) is 29.4 Å². The predicted molar refractivity (Wildman–Crippen MR) is 80.4 cm³/mol. The van der Waals surface area contributed by atoms with Crippen molar-refractivity contribution in [3.8, 4) is 0 Å². The van der Waals surface area contributed by atoms with Crippen LogP contribution in [0.4, 0.5) is 32.0 Å². The molecule has 0 unspecified atom stereocenters. The Kier molecular flexibility index (Phi) is 5.23. The van der Waals surface area contributed by atoms with Crippen molar-refractivity contribution < 1.29 is 39.7 Å². The summed E-state index contributed by atoms with van der Waals surface area (Å²) in [6, 6.07) is 4.11. The number of sulfone groups is 1. The zero-order valence-corrected chi connectivity index (χ0v) is 13.8. The van der Waals surface area contributed by atoms with Crippen molar-refractivity contribution in [3.63, 3.8) is 0 Å². The molecule has 0 aliphatic heterocycles. The molecule has 5 nitrogen and oxygen atoms in total. The predicted octanol–water partition coefficient (Wildman–Crippen LogP) is 4.61. The molecule has 12 heteroatoms. The normalized spacial score (nSPS) is 12.8. The molecule has 0 amide bonds. The van der Waals surface area contributed by atoms with Gasteiger partial charge in [0.1, 0.15) is 0 Å². The molecule has 146 valence electrons. The van der Waals surface area contributed by atoms with Gasteiger partial charge in [-0.2, -0.15) is 26.3 Å². The first kappa shape index (κ1) is 20.7. The maximum Gasteiger partial charge on any atom is 0.416 e. The molecule has 0 saturated heterocycles. The molecule has 0 radical (unpaired) electrons. The van der Waals surface area contributed by atoms with E-state index in [0.29, 0.717) is 0 Å². The van der Waals surface area contributed by atoms with Crippen LogP contribution in [0.5, 0.6) is 0 Å². The average molecular weight is 413 g/mol. The van der Waals surface area contributed by atoms with Crippen LogP contribution in [0.3, 0.4) is 0 Å². The summed E-state index contributed by atoms with van der Waals surface area (Å²) in [5.41, 5.74) is -3.89. The summed E-state index contributed by atoms with van der Waals surface area (Å²) in [7, 11) is -4.58. The van der Waals surface area contributed by atoms with E-state index in [2.05, 4.69) is 0 Å². The number of alkyl halides is 6. The second kappa shape index (κ2) is 6.83. The van der Waals surface area contributed by atoms with Gasteiger partial charge in [0.25, 0.3) is 5.69 Å². The minimum atomic E-state index is -5.18. The van der Waals surface area contributed by atoms with E-state index in [1.165, 1.54) is 0 Å². The van der Waals surface area contributed by atoms with Gasteiger partial charge in [-0.1, -0.05) is 12.1 Å². The first-order chi connectivity index (χ1) is 12.2. The Hall–Kier alpha value is -2.63. The van der Waals surface area contributed by atoms with Crippen LogP contribution >= 0.6 is 0 Å². The van der Waals surface area contributed by atoms with Crippen LogP contribution in [-0.2, 0) is 27.9 Å². The van der Waals surface area contributed by atoms with Crippen molar-refractivity contribution in [3.05, 3.63) is 69.3 Å². The van der Waals surface area contributed by atoms with E-state index in [1.54, 1.807) is 0 Å². The largest absolute Gasteiger partial charge is 0.416 e. The standard InChI is InChI=1S/C15H9F6NO4S/c16-14(17,18)10-5-11(15(19,20)21)7-13(6-10)27(25,26)8-9-1-3-12(4-2-9)22(23)24/h1-7H,8H2. The maximum absolute atomic E-state index is 12.8. The van der Waals surface area contributed by atoms with Crippen LogP contribution in [-0.4, -0.2) is 13.3 Å². The van der Waals surface area contributed by atoms with Crippen LogP contribution in [0.25, 0.3) is 0 Å². The quantitative estimate of drug-likeness (QED) is 0.417. The molecule has 0 aliphatic carbocycles. The van der Waals surface area contributed by atoms with Gasteiger partial charge in [0, 0.05) is 12.1 Å². The first-order valence-corrected chi connectivity index (χ1v) is 8.61. The highest BCUT2D eigenvalue weighted by atomic mass is 32.2. The first-order valence-electron chi connectivity index (χ1n) is 6.96. The summed E-state index contributed by atoms with van der Waals surface area (Å²) in [5, 5.41) is 10.6. The number of nitro benzene ring substituents is 1. The SMILES string of the molecule is O=[N+]([O-])c1ccc(CS(=O)(=O)c2cc(C(F)(F)F)cc(C(F)(F)F)c2)cc1. The molecule has 27 heavy (non-hydrogen) atoms. The Labute approximate surface area is 148 Å². The van der Waals surface area contributed by atoms with Gasteiger partial charge in [0.15, 0.2) is 9.84 Å². The van der Waals surface area contributed by atoms with Crippen LogP contribution in [0.2, 0.25) is 0 Å². The van der Waals surface area contributed by atoms with Crippen molar-refractivity contribution >= 4 is 15.5 Å².